The van der Waals surface area contributed by atoms with Gasteiger partial charge in [0.15, 0.2) is 0 Å². The lowest BCUT2D eigenvalue weighted by Crippen LogP contribution is -2.41. The van der Waals surface area contributed by atoms with Crippen LogP contribution >= 0.6 is 0 Å². The fraction of sp³-hybridized carbons (Fsp3) is 0.292. The van der Waals surface area contributed by atoms with E-state index in [4.69, 9.17) is 4.74 Å². The third kappa shape index (κ3) is 4.96. The average molecular weight is 436 g/mol. The quantitative estimate of drug-likeness (QED) is 0.643. The summed E-state index contributed by atoms with van der Waals surface area (Å²) >= 11 is 0. The number of piperidine rings is 1. The van der Waals surface area contributed by atoms with E-state index in [9.17, 15) is 14.0 Å². The number of anilines is 1. The third-order valence-electron chi connectivity index (χ3n) is 5.67. The molecule has 1 fully saturated rings. The Kier molecular flexibility index (Phi) is 6.49. The molecule has 32 heavy (non-hydrogen) atoms. The molecule has 2 aromatic carbocycles. The van der Waals surface area contributed by atoms with Gasteiger partial charge in [-0.05, 0) is 60.9 Å². The molecule has 0 spiro atoms. The second-order valence-electron chi connectivity index (χ2n) is 7.75. The van der Waals surface area contributed by atoms with Gasteiger partial charge in [-0.1, -0.05) is 12.1 Å². The normalized spacial score (nSPS) is 14.2. The maximum absolute atomic E-state index is 13.0. The van der Waals surface area contributed by atoms with Crippen LogP contribution in [0.4, 0.5) is 10.2 Å². The number of rotatable bonds is 6. The number of amides is 1. The third-order valence-corrected chi connectivity index (χ3v) is 5.67. The first-order valence-electron chi connectivity index (χ1n) is 10.6. The maximum Gasteiger partial charge on any atom is 0.271 e. The first-order valence-corrected chi connectivity index (χ1v) is 10.6. The summed E-state index contributed by atoms with van der Waals surface area (Å²) in [6.07, 6.45) is 1.39. The Morgan fingerprint density at radius 2 is 1.75 bits per heavy atom. The summed E-state index contributed by atoms with van der Waals surface area (Å²) in [5.41, 5.74) is 1.31. The molecule has 0 radical (unpaired) electrons. The molecule has 8 heteroatoms. The largest absolute Gasteiger partial charge is 0.497 e. The first-order chi connectivity index (χ1) is 15.5. The highest BCUT2D eigenvalue weighted by molar-refractivity contribution is 5.79. The summed E-state index contributed by atoms with van der Waals surface area (Å²) in [5, 5.41) is 7.47. The lowest BCUT2D eigenvalue weighted by atomic mass is 9.96. The van der Waals surface area contributed by atoms with Gasteiger partial charge in [-0.15, -0.1) is 5.10 Å². The smallest absolute Gasteiger partial charge is 0.271 e. The van der Waals surface area contributed by atoms with Crippen molar-refractivity contribution in [1.29, 1.82) is 0 Å². The summed E-state index contributed by atoms with van der Waals surface area (Å²) in [6.45, 7) is 1.72. The van der Waals surface area contributed by atoms with Crippen LogP contribution in [0, 0.1) is 11.7 Å². The van der Waals surface area contributed by atoms with E-state index in [0.29, 0.717) is 49.7 Å². The Morgan fingerprint density at radius 3 is 2.41 bits per heavy atom. The molecule has 1 N–H and O–H groups in total. The molecule has 0 unspecified atom stereocenters. The molecule has 1 aliphatic rings. The summed E-state index contributed by atoms with van der Waals surface area (Å²) in [4.78, 5) is 27.0. The topological polar surface area (TPSA) is 76.5 Å². The Bertz CT molecular complexity index is 1120. The molecule has 4 rings (SSSR count). The molecule has 1 aromatic heterocycles. The van der Waals surface area contributed by atoms with Gasteiger partial charge in [0, 0.05) is 31.6 Å². The highest BCUT2D eigenvalue weighted by Crippen LogP contribution is 2.22. The van der Waals surface area contributed by atoms with Gasteiger partial charge in [0.25, 0.3) is 5.56 Å². The Hall–Kier alpha value is -3.68. The standard InChI is InChI=1S/C24H25FN4O3/c1-32-21-8-6-20(7-9-21)29-23(30)11-10-22(27-29)28-14-12-18(13-15-28)24(31)26-16-17-2-4-19(25)5-3-17/h2-11,18H,12-16H2,1H3,(H,26,31). The van der Waals surface area contributed by atoms with Gasteiger partial charge in [-0.3, -0.25) is 9.59 Å². The van der Waals surface area contributed by atoms with E-state index in [1.54, 1.807) is 49.6 Å². The Labute approximate surface area is 185 Å². The highest BCUT2D eigenvalue weighted by atomic mass is 19.1. The molecule has 7 nitrogen and oxygen atoms in total. The van der Waals surface area contributed by atoms with Crippen LogP contribution in [0.15, 0.2) is 65.5 Å². The summed E-state index contributed by atoms with van der Waals surface area (Å²) in [7, 11) is 1.59. The zero-order valence-corrected chi connectivity index (χ0v) is 17.8. The number of carbonyl (C=O) groups excluding carboxylic acids is 1. The van der Waals surface area contributed by atoms with Gasteiger partial charge in [0.2, 0.25) is 5.91 Å². The minimum atomic E-state index is -0.292. The number of nitrogens with one attached hydrogen (secondary N) is 1. The maximum atomic E-state index is 13.0. The molecule has 3 aromatic rings. The molecule has 1 saturated heterocycles. The van der Waals surface area contributed by atoms with Crippen molar-refractivity contribution in [3.05, 3.63) is 82.4 Å². The molecule has 0 saturated carbocycles. The van der Waals surface area contributed by atoms with Crippen LogP contribution in [-0.2, 0) is 11.3 Å². The van der Waals surface area contributed by atoms with Crippen LogP contribution < -0.4 is 20.5 Å². The van der Waals surface area contributed by atoms with E-state index in [1.807, 2.05) is 0 Å². The number of benzene rings is 2. The Balaban J connectivity index is 1.36. The van der Waals surface area contributed by atoms with Crippen LogP contribution in [-0.4, -0.2) is 35.9 Å². The number of aromatic nitrogens is 2. The van der Waals surface area contributed by atoms with Crippen molar-refractivity contribution in [2.75, 3.05) is 25.1 Å². The molecule has 0 aliphatic carbocycles. The van der Waals surface area contributed by atoms with Crippen LogP contribution in [0.1, 0.15) is 18.4 Å². The summed E-state index contributed by atoms with van der Waals surface area (Å²) in [6, 6.07) is 16.5. The van der Waals surface area contributed by atoms with E-state index in [2.05, 4.69) is 15.3 Å². The molecule has 0 atom stereocenters. The van der Waals surface area contributed by atoms with Crippen LogP contribution in [0.3, 0.4) is 0 Å². The number of halogens is 1. The average Bonchev–Trinajstić information content (AvgIpc) is 2.84. The zero-order chi connectivity index (χ0) is 22.5. The number of methoxy groups -OCH3 is 1. The van der Waals surface area contributed by atoms with Crippen molar-refractivity contribution in [3.8, 4) is 11.4 Å². The van der Waals surface area contributed by atoms with Gasteiger partial charge in [-0.25, -0.2) is 4.39 Å². The lowest BCUT2D eigenvalue weighted by molar-refractivity contribution is -0.125. The molecule has 1 amide bonds. The van der Waals surface area contributed by atoms with E-state index in [-0.39, 0.29) is 23.2 Å². The van der Waals surface area contributed by atoms with Crippen molar-refractivity contribution < 1.29 is 13.9 Å². The van der Waals surface area contributed by atoms with Gasteiger partial charge in [0.1, 0.15) is 17.4 Å². The highest BCUT2D eigenvalue weighted by Gasteiger charge is 2.25. The van der Waals surface area contributed by atoms with Gasteiger partial charge in [-0.2, -0.15) is 4.68 Å². The monoisotopic (exact) mass is 436 g/mol. The van der Waals surface area contributed by atoms with E-state index < -0.39 is 0 Å². The molecular weight excluding hydrogens is 411 g/mol. The van der Waals surface area contributed by atoms with Gasteiger partial charge in [0.05, 0.1) is 12.8 Å². The number of ether oxygens (including phenoxy) is 1. The van der Waals surface area contributed by atoms with Crippen LogP contribution in [0.5, 0.6) is 5.75 Å². The zero-order valence-electron chi connectivity index (χ0n) is 17.8. The molecule has 166 valence electrons. The SMILES string of the molecule is COc1ccc(-n2nc(N3CCC(C(=O)NCc4ccc(F)cc4)CC3)ccc2=O)cc1. The number of nitrogens with zero attached hydrogens (tertiary/aromatic N) is 3. The minimum absolute atomic E-state index is 0.00476. The molecular formula is C24H25FN4O3. The van der Waals surface area contributed by atoms with Crippen molar-refractivity contribution in [2.45, 2.75) is 19.4 Å². The molecule has 0 bridgehead atoms. The second-order valence-corrected chi connectivity index (χ2v) is 7.75. The van der Waals surface area contributed by atoms with E-state index in [0.717, 1.165) is 5.56 Å². The van der Waals surface area contributed by atoms with Crippen LogP contribution in [0.25, 0.3) is 5.69 Å². The van der Waals surface area contributed by atoms with Crippen molar-refractivity contribution >= 4 is 11.7 Å². The summed E-state index contributed by atoms with van der Waals surface area (Å²) < 4.78 is 19.5. The van der Waals surface area contributed by atoms with Gasteiger partial charge < -0.3 is 15.0 Å². The van der Waals surface area contributed by atoms with Crippen LogP contribution in [0.2, 0.25) is 0 Å². The second kappa shape index (κ2) is 9.64. The summed E-state index contributed by atoms with van der Waals surface area (Å²) in [5.74, 6) is 1.03. The van der Waals surface area contributed by atoms with Crippen molar-refractivity contribution in [1.82, 2.24) is 15.1 Å². The van der Waals surface area contributed by atoms with Gasteiger partial charge >= 0.3 is 0 Å². The number of hydrogen-bond acceptors (Lipinski definition) is 5. The Morgan fingerprint density at radius 1 is 1.06 bits per heavy atom. The number of hydrogen-bond donors (Lipinski definition) is 1. The molecule has 2 heterocycles. The van der Waals surface area contributed by atoms with Crippen molar-refractivity contribution in [2.24, 2.45) is 5.92 Å². The fourth-order valence-corrected chi connectivity index (χ4v) is 3.79. The number of carbonyl (C=O) groups is 1. The predicted octanol–water partition coefficient (Wildman–Crippen LogP) is 2.91. The molecule has 1 aliphatic heterocycles. The van der Waals surface area contributed by atoms with E-state index in [1.165, 1.54) is 22.9 Å². The van der Waals surface area contributed by atoms with E-state index >= 15 is 0 Å². The fourth-order valence-electron chi connectivity index (χ4n) is 3.79. The predicted molar refractivity (Wildman–Crippen MR) is 120 cm³/mol. The lowest BCUT2D eigenvalue weighted by Gasteiger charge is -2.32. The van der Waals surface area contributed by atoms with Crippen molar-refractivity contribution in [3.63, 3.8) is 0 Å². The minimum Gasteiger partial charge on any atom is -0.497 e. The first kappa shape index (κ1) is 21.5.